The van der Waals surface area contributed by atoms with Crippen molar-refractivity contribution in [1.29, 1.82) is 0 Å². The highest BCUT2D eigenvalue weighted by molar-refractivity contribution is 5.95. The quantitative estimate of drug-likeness (QED) is 0.727. The molecule has 0 radical (unpaired) electrons. The average molecular weight is 367 g/mol. The number of anilines is 1. The Morgan fingerprint density at radius 2 is 2.00 bits per heavy atom. The second-order valence-corrected chi connectivity index (χ2v) is 6.60. The molecule has 3 rings (SSSR count). The van der Waals surface area contributed by atoms with E-state index in [4.69, 9.17) is 0 Å². The number of halogens is 1. The van der Waals surface area contributed by atoms with E-state index < -0.39 is 6.04 Å². The lowest BCUT2D eigenvalue weighted by molar-refractivity contribution is -0.120. The van der Waals surface area contributed by atoms with Crippen molar-refractivity contribution in [3.05, 3.63) is 77.5 Å². The lowest BCUT2D eigenvalue weighted by Gasteiger charge is -2.24. The molecule has 1 aromatic carbocycles. The Kier molecular flexibility index (Phi) is 5.61. The Bertz CT molecular complexity index is 906. The van der Waals surface area contributed by atoms with Gasteiger partial charge in [0.15, 0.2) is 0 Å². The Morgan fingerprint density at radius 3 is 2.63 bits per heavy atom. The predicted molar refractivity (Wildman–Crippen MR) is 102 cm³/mol. The molecule has 1 amide bonds. The molecule has 0 spiro atoms. The maximum Gasteiger partial charge on any atom is 0.247 e. The molecule has 7 heteroatoms. The zero-order chi connectivity index (χ0) is 19.4. The van der Waals surface area contributed by atoms with Gasteiger partial charge >= 0.3 is 0 Å². The number of carbonyl (C=O) groups is 1. The van der Waals surface area contributed by atoms with E-state index in [0.717, 1.165) is 11.3 Å². The number of hydrogen-bond donors (Lipinski definition) is 1. The molecule has 3 aromatic rings. The van der Waals surface area contributed by atoms with Gasteiger partial charge < -0.3 is 5.32 Å². The zero-order valence-electron chi connectivity index (χ0n) is 15.6. The van der Waals surface area contributed by atoms with Gasteiger partial charge in [0.05, 0.1) is 12.2 Å². The van der Waals surface area contributed by atoms with E-state index in [1.54, 1.807) is 34.1 Å². The normalized spacial score (nSPS) is 12.2. The molecule has 27 heavy (non-hydrogen) atoms. The van der Waals surface area contributed by atoms with Crippen molar-refractivity contribution in [1.82, 2.24) is 19.7 Å². The fraction of sp³-hybridized carbons (Fsp3) is 0.250. The van der Waals surface area contributed by atoms with Gasteiger partial charge in [-0.15, -0.1) is 0 Å². The fourth-order valence-electron chi connectivity index (χ4n) is 2.95. The van der Waals surface area contributed by atoms with Crippen molar-refractivity contribution in [2.75, 3.05) is 19.4 Å². The molecule has 0 aliphatic rings. The number of nitrogens with zero attached hydrogens (tertiary/aromatic N) is 4. The molecule has 6 nitrogen and oxygen atoms in total. The summed E-state index contributed by atoms with van der Waals surface area (Å²) >= 11 is 0. The van der Waals surface area contributed by atoms with Crippen LogP contribution in [0.5, 0.6) is 0 Å². The van der Waals surface area contributed by atoms with Crippen molar-refractivity contribution in [2.24, 2.45) is 0 Å². The zero-order valence-corrected chi connectivity index (χ0v) is 15.6. The second-order valence-electron chi connectivity index (χ2n) is 6.60. The molecule has 2 aromatic heterocycles. The molecule has 0 aliphatic heterocycles. The fourth-order valence-corrected chi connectivity index (χ4v) is 2.95. The van der Waals surface area contributed by atoms with Crippen LogP contribution in [0.15, 0.2) is 54.9 Å². The number of amides is 1. The number of nitrogens with one attached hydrogen (secondary N) is 1. The summed E-state index contributed by atoms with van der Waals surface area (Å²) in [4.78, 5) is 18.9. The van der Waals surface area contributed by atoms with Crippen LogP contribution in [0.1, 0.15) is 22.9 Å². The van der Waals surface area contributed by atoms with Crippen LogP contribution in [0.4, 0.5) is 10.2 Å². The standard InChI is InChI=1S/C20H22FN5O/c1-14-11-18(26(24-14)13-15-5-4-10-22-12-15)23-20(27)19(25(2)3)16-6-8-17(21)9-7-16/h4-12,19H,13H2,1-3H3,(H,23,27). The first-order valence-electron chi connectivity index (χ1n) is 8.60. The molecule has 140 valence electrons. The maximum atomic E-state index is 13.2. The van der Waals surface area contributed by atoms with Crippen molar-refractivity contribution in [3.8, 4) is 0 Å². The lowest BCUT2D eigenvalue weighted by atomic mass is 10.1. The molecule has 0 aliphatic carbocycles. The highest BCUT2D eigenvalue weighted by Gasteiger charge is 2.24. The molecule has 0 fully saturated rings. The number of carbonyl (C=O) groups excluding carboxylic acids is 1. The first kappa shape index (κ1) is 18.7. The highest BCUT2D eigenvalue weighted by Crippen LogP contribution is 2.22. The molecular formula is C20H22FN5O. The van der Waals surface area contributed by atoms with Crippen LogP contribution in [0.25, 0.3) is 0 Å². The number of aromatic nitrogens is 3. The minimum atomic E-state index is -0.548. The highest BCUT2D eigenvalue weighted by atomic mass is 19.1. The summed E-state index contributed by atoms with van der Waals surface area (Å²) in [6.45, 7) is 2.37. The van der Waals surface area contributed by atoms with Crippen LogP contribution in [0.2, 0.25) is 0 Å². The Hall–Kier alpha value is -3.06. The van der Waals surface area contributed by atoms with E-state index >= 15 is 0 Å². The topological polar surface area (TPSA) is 63.1 Å². The van der Waals surface area contributed by atoms with E-state index in [1.165, 1.54) is 12.1 Å². The van der Waals surface area contributed by atoms with Gasteiger partial charge in [-0.05, 0) is 50.3 Å². The van der Waals surface area contributed by atoms with Crippen molar-refractivity contribution in [2.45, 2.75) is 19.5 Å². The van der Waals surface area contributed by atoms with Crippen LogP contribution < -0.4 is 5.32 Å². The summed E-state index contributed by atoms with van der Waals surface area (Å²) in [7, 11) is 3.62. The van der Waals surface area contributed by atoms with Crippen LogP contribution in [-0.4, -0.2) is 39.7 Å². The summed E-state index contributed by atoms with van der Waals surface area (Å²) in [6, 6.07) is 11.1. The Balaban J connectivity index is 1.83. The maximum absolute atomic E-state index is 13.2. The van der Waals surface area contributed by atoms with Gasteiger partial charge in [0.25, 0.3) is 0 Å². The molecule has 2 heterocycles. The van der Waals surface area contributed by atoms with E-state index in [0.29, 0.717) is 17.9 Å². The molecule has 0 bridgehead atoms. The summed E-state index contributed by atoms with van der Waals surface area (Å²) in [6.07, 6.45) is 3.48. The van der Waals surface area contributed by atoms with Gasteiger partial charge in [-0.2, -0.15) is 5.10 Å². The van der Waals surface area contributed by atoms with Crippen molar-refractivity contribution < 1.29 is 9.18 Å². The van der Waals surface area contributed by atoms with Gasteiger partial charge in [-0.3, -0.25) is 14.7 Å². The van der Waals surface area contributed by atoms with E-state index in [2.05, 4.69) is 15.4 Å². The van der Waals surface area contributed by atoms with Crippen LogP contribution in [0.3, 0.4) is 0 Å². The van der Waals surface area contributed by atoms with Gasteiger partial charge in [-0.1, -0.05) is 18.2 Å². The smallest absolute Gasteiger partial charge is 0.247 e. The summed E-state index contributed by atoms with van der Waals surface area (Å²) in [5, 5.41) is 7.41. The van der Waals surface area contributed by atoms with E-state index in [-0.39, 0.29) is 11.7 Å². The average Bonchev–Trinajstić information content (AvgIpc) is 2.96. The van der Waals surface area contributed by atoms with Gasteiger partial charge in [0.1, 0.15) is 17.7 Å². The minimum absolute atomic E-state index is 0.209. The van der Waals surface area contributed by atoms with Crippen molar-refractivity contribution >= 4 is 11.7 Å². The van der Waals surface area contributed by atoms with Crippen LogP contribution >= 0.6 is 0 Å². The van der Waals surface area contributed by atoms with E-state index in [9.17, 15) is 9.18 Å². The number of hydrogen-bond acceptors (Lipinski definition) is 4. The van der Waals surface area contributed by atoms with Crippen LogP contribution in [-0.2, 0) is 11.3 Å². The first-order valence-corrected chi connectivity index (χ1v) is 8.60. The number of likely N-dealkylation sites (N-methyl/N-ethyl adjacent to an activating group) is 1. The minimum Gasteiger partial charge on any atom is -0.309 e. The Labute approximate surface area is 157 Å². The molecule has 0 saturated heterocycles. The number of pyridine rings is 1. The van der Waals surface area contributed by atoms with Gasteiger partial charge in [0, 0.05) is 18.5 Å². The largest absolute Gasteiger partial charge is 0.309 e. The first-order chi connectivity index (χ1) is 12.9. The SMILES string of the molecule is Cc1cc(NC(=O)C(c2ccc(F)cc2)N(C)C)n(Cc2cccnc2)n1. The lowest BCUT2D eigenvalue weighted by Crippen LogP contribution is -2.33. The molecular weight excluding hydrogens is 345 g/mol. The predicted octanol–water partition coefficient (Wildman–Crippen LogP) is 3.02. The monoisotopic (exact) mass is 367 g/mol. The van der Waals surface area contributed by atoms with Crippen LogP contribution in [0, 0.1) is 12.7 Å². The van der Waals surface area contributed by atoms with Gasteiger partial charge in [0.2, 0.25) is 5.91 Å². The Morgan fingerprint density at radius 1 is 1.26 bits per heavy atom. The molecule has 0 saturated carbocycles. The van der Waals surface area contributed by atoms with Gasteiger partial charge in [-0.25, -0.2) is 9.07 Å². The number of aryl methyl sites for hydroxylation is 1. The van der Waals surface area contributed by atoms with E-state index in [1.807, 2.05) is 39.2 Å². The molecule has 1 atom stereocenters. The molecule has 1 unspecified atom stereocenters. The second kappa shape index (κ2) is 8.09. The van der Waals surface area contributed by atoms with Crippen molar-refractivity contribution in [3.63, 3.8) is 0 Å². The summed E-state index contributed by atoms with van der Waals surface area (Å²) in [5.41, 5.74) is 2.50. The third-order valence-corrected chi connectivity index (χ3v) is 4.16. The number of rotatable bonds is 6. The third-order valence-electron chi connectivity index (χ3n) is 4.16. The summed E-state index contributed by atoms with van der Waals surface area (Å²) < 4.78 is 15.0. The number of benzene rings is 1. The summed E-state index contributed by atoms with van der Waals surface area (Å²) in [5.74, 6) is 0.0658. The molecule has 1 N–H and O–H groups in total. The third kappa shape index (κ3) is 4.57.